The minimum absolute atomic E-state index is 0.0387. The summed E-state index contributed by atoms with van der Waals surface area (Å²) in [6.07, 6.45) is -2.70. The number of nitrogens with two attached hydrogens (primary N) is 3. The molecule has 53 heteroatoms. The zero-order chi connectivity index (χ0) is 103. The number of hydrogen-bond acceptors (Lipinski definition) is 28. The Bertz CT molecular complexity index is 4840. The van der Waals surface area contributed by atoms with E-state index in [0.717, 1.165) is 18.7 Å². The van der Waals surface area contributed by atoms with Gasteiger partial charge in [-0.1, -0.05) is 71.9 Å². The number of likely N-dealkylation sites (tertiary alicyclic amines) is 1. The van der Waals surface area contributed by atoms with Gasteiger partial charge < -0.3 is 159 Å². The van der Waals surface area contributed by atoms with E-state index in [2.05, 4.69) is 101 Å². The number of benzene rings is 2. The van der Waals surface area contributed by atoms with Crippen molar-refractivity contribution in [2.75, 3.05) is 52.5 Å². The second-order valence-corrected chi connectivity index (χ2v) is 33.5. The maximum absolute atomic E-state index is 14.3. The molecule has 20 amide bonds. The summed E-state index contributed by atoms with van der Waals surface area (Å²) in [5, 5.41) is 113. The summed E-state index contributed by atoms with van der Waals surface area (Å²) in [4.78, 5) is 298. The lowest BCUT2D eigenvalue weighted by atomic mass is 9.99. The van der Waals surface area contributed by atoms with Gasteiger partial charge in [0, 0.05) is 43.0 Å². The van der Waals surface area contributed by atoms with Crippen molar-refractivity contribution in [1.29, 1.82) is 5.41 Å². The van der Waals surface area contributed by atoms with E-state index in [1.807, 2.05) is 5.32 Å². The zero-order valence-electron chi connectivity index (χ0n) is 77.4. The Morgan fingerprint density at radius 3 is 1.40 bits per heavy atom. The van der Waals surface area contributed by atoms with Gasteiger partial charge in [0.1, 0.15) is 103 Å². The molecule has 0 aliphatic carbocycles. The molecular formula is C84H127N25O28. The first-order valence-electron chi connectivity index (χ1n) is 43.7. The van der Waals surface area contributed by atoms with Crippen LogP contribution >= 0.6 is 0 Å². The first-order valence-corrected chi connectivity index (χ1v) is 43.7. The van der Waals surface area contributed by atoms with Crippen molar-refractivity contribution >= 4 is 147 Å². The quantitative estimate of drug-likeness (QED) is 0.0142. The molecule has 756 valence electrons. The highest BCUT2D eigenvalue weighted by Gasteiger charge is 2.43. The Kier molecular flexibility index (Phi) is 46.6. The number of guanidine groups is 1. The van der Waals surface area contributed by atoms with E-state index in [4.69, 9.17) is 27.7 Å². The van der Waals surface area contributed by atoms with Crippen molar-refractivity contribution < 1.29 is 136 Å². The number of fused-ring (bicyclic) bond motifs is 1. The second kappa shape index (κ2) is 55.8. The number of aliphatic carboxylic acids is 2. The molecule has 1 fully saturated rings. The number of aliphatic hydroxyl groups excluding tert-OH is 3. The number of phenolic OH excluding ortho intramolecular Hbond substituents is 1. The fourth-order valence-electron chi connectivity index (χ4n) is 13.5. The number of para-hydroxylation sites is 1. The predicted molar refractivity (Wildman–Crippen MR) is 482 cm³/mol. The second-order valence-electron chi connectivity index (χ2n) is 33.5. The average molecular weight is 1940 g/mol. The molecule has 0 unspecified atom stereocenters. The van der Waals surface area contributed by atoms with Gasteiger partial charge in [-0.3, -0.25) is 111 Å². The fraction of sp³-hybridized carbons (Fsp3) is 0.560. The van der Waals surface area contributed by atoms with E-state index in [1.54, 1.807) is 24.3 Å². The van der Waals surface area contributed by atoms with Crippen LogP contribution in [0.15, 0.2) is 54.7 Å². The summed E-state index contributed by atoms with van der Waals surface area (Å²) in [5.41, 5.74) is 17.9. The molecule has 2 heterocycles. The monoisotopic (exact) mass is 1930 g/mol. The third-order valence-corrected chi connectivity index (χ3v) is 21.1. The third-order valence-electron chi connectivity index (χ3n) is 21.1. The Morgan fingerprint density at radius 1 is 0.438 bits per heavy atom. The maximum Gasteiger partial charge on any atom is 0.322 e. The minimum Gasteiger partial charge on any atom is -0.508 e. The van der Waals surface area contributed by atoms with Gasteiger partial charge in [-0.2, -0.15) is 0 Å². The molecule has 1 aliphatic heterocycles. The predicted octanol–water partition coefficient (Wildman–Crippen LogP) is -11.7. The van der Waals surface area contributed by atoms with Crippen molar-refractivity contribution in [3.63, 3.8) is 0 Å². The van der Waals surface area contributed by atoms with Crippen molar-refractivity contribution in [2.24, 2.45) is 35.0 Å². The van der Waals surface area contributed by atoms with Gasteiger partial charge >= 0.3 is 11.9 Å². The van der Waals surface area contributed by atoms with Crippen LogP contribution in [0.3, 0.4) is 0 Å². The Balaban J connectivity index is 1.33. The molecule has 1 saturated heterocycles. The largest absolute Gasteiger partial charge is 0.508 e. The van der Waals surface area contributed by atoms with E-state index in [9.17, 15) is 131 Å². The van der Waals surface area contributed by atoms with E-state index in [0.29, 0.717) is 22.0 Å². The summed E-state index contributed by atoms with van der Waals surface area (Å²) in [6.45, 7) is 9.63. The van der Waals surface area contributed by atoms with Crippen LogP contribution < -0.4 is 118 Å². The Morgan fingerprint density at radius 2 is 0.869 bits per heavy atom. The number of aromatic nitrogens is 1. The molecule has 0 spiro atoms. The van der Waals surface area contributed by atoms with E-state index >= 15 is 0 Å². The van der Waals surface area contributed by atoms with Crippen LogP contribution in [0.4, 0.5) is 0 Å². The number of aliphatic hydroxyl groups is 3. The van der Waals surface area contributed by atoms with Crippen LogP contribution in [0, 0.1) is 23.2 Å². The smallest absolute Gasteiger partial charge is 0.322 e. The summed E-state index contributed by atoms with van der Waals surface area (Å²) in [6, 6.07) is -12.6. The standard InChI is InChI=1S/C84H127N25O28/c1-37(2)64(107-73(127)50(18-14-24-89-84(87)88)100-74(128)51(26-45-20-22-47(113)23-21-45)98-60(116)32-91-68(122)40(7)85)80(134)93-33-61(117)99-55(35-110)78(132)108-67(44(11)112)83(137)109-25-15-19-57(109)79(133)104-56(36-111)77(131)96-41(8)69(123)92-31-59(115)95-42(9)70(124)105-65(38(3)4)81(135)97-43(10)71(125)106-66(39(5)6)82(136)103-52(27-46-30-90-49-17-13-12-16-48(46)49)75(129)101-53(28-58(86)114)76(130)102-54(29-62(118)119)72(126)94-34-63(120)121/h12-13,16-17,20-23,30,37-44,50-57,64-67,90,110-113H,14-15,18-19,24-29,31-36,85H2,1-11H3,(H2,86,114)(H,91,122)(H,92,123)(H,93,134)(H,94,126)(H,95,115)(H,96,131)(H,97,135)(H,98,116)(H,99,117)(H,100,128)(H,101,129)(H,102,130)(H,103,136)(H,104,133)(H,105,124)(H,106,125)(H,107,127)(H,108,132)(H,118,119)(H,120,121)(H4,87,88,89)/t40-,41-,42-,43-,44+,50-,51-,52-,53-,54-,55-,56-,57-,64-,65-,66-,67-/m0/s1. The Labute approximate surface area is 785 Å². The first-order chi connectivity index (χ1) is 64.3. The van der Waals surface area contributed by atoms with Gasteiger partial charge in [-0.05, 0) is 107 Å². The lowest BCUT2D eigenvalue weighted by molar-refractivity contribution is -0.145. The lowest BCUT2D eigenvalue weighted by Gasteiger charge is -2.31. The summed E-state index contributed by atoms with van der Waals surface area (Å²) in [7, 11) is 0. The van der Waals surface area contributed by atoms with E-state index in [-0.39, 0.29) is 57.4 Å². The summed E-state index contributed by atoms with van der Waals surface area (Å²) in [5.74, 6) is -26.3. The van der Waals surface area contributed by atoms with Crippen molar-refractivity contribution in [1.82, 2.24) is 111 Å². The van der Waals surface area contributed by atoms with Crippen molar-refractivity contribution in [2.45, 2.75) is 230 Å². The van der Waals surface area contributed by atoms with Crippen molar-refractivity contribution in [3.8, 4) is 5.75 Å². The average Bonchev–Trinajstić information content (AvgIpc) is 1.63. The van der Waals surface area contributed by atoms with Crippen LogP contribution in [0.5, 0.6) is 5.75 Å². The van der Waals surface area contributed by atoms with Crippen LogP contribution in [0.25, 0.3) is 10.9 Å². The van der Waals surface area contributed by atoms with Crippen LogP contribution in [0.2, 0.25) is 0 Å². The molecule has 1 aliphatic rings. The number of primary amides is 1. The molecule has 0 radical (unpaired) electrons. The maximum atomic E-state index is 14.3. The molecule has 53 nitrogen and oxygen atoms in total. The van der Waals surface area contributed by atoms with Gasteiger partial charge in [0.15, 0.2) is 5.96 Å². The number of nitrogens with one attached hydrogen (secondary N) is 21. The van der Waals surface area contributed by atoms with Gasteiger partial charge in [-0.25, -0.2) is 0 Å². The highest BCUT2D eigenvalue weighted by Crippen LogP contribution is 2.23. The molecular weight excluding hydrogens is 1810 g/mol. The van der Waals surface area contributed by atoms with E-state index < -0.39 is 309 Å². The Hall–Kier alpha value is -14.8. The summed E-state index contributed by atoms with van der Waals surface area (Å²) < 4.78 is 0. The SMILES string of the molecule is CC(C)[C@H](NC(=O)[C@H](C)NC(=O)CNC(=O)[C@H](C)NC(=O)[C@H](CO)NC(=O)[C@@H]1CCCN1C(=O)[C@@H](NC(=O)[C@H](CO)NC(=O)CNC(=O)[C@@H](NC(=O)[C@H](CCCNC(=N)N)NC(=O)[C@H](Cc1ccc(O)cc1)NC(=O)CNC(=O)[C@H](C)N)C(C)C)[C@@H](C)O)C(=O)N[C@@H](C)C(=O)N[C@H](C(=O)N[C@@H](Cc1c[nH]c2ccccc12)C(=O)N[C@@H](CC(N)=O)C(=O)N[C@@H](CC(=O)O)C(=O)NCC(=O)O)C(C)C. The van der Waals surface area contributed by atoms with Crippen LogP contribution in [0.1, 0.15) is 126 Å². The number of H-pyrrole nitrogens is 1. The molecule has 0 bridgehead atoms. The van der Waals surface area contributed by atoms with Gasteiger partial charge in [0.2, 0.25) is 118 Å². The number of carboxylic acid groups (broad SMARTS) is 2. The number of rotatable bonds is 56. The topological polar surface area (TPSA) is 846 Å². The number of aromatic hydroxyl groups is 1. The van der Waals surface area contributed by atoms with Gasteiger partial charge in [0.05, 0.1) is 57.8 Å². The lowest BCUT2D eigenvalue weighted by Crippen LogP contribution is -2.61. The number of carboxylic acids is 2. The molecule has 33 N–H and O–H groups in total. The number of amides is 20. The van der Waals surface area contributed by atoms with Crippen LogP contribution in [-0.2, 0) is 118 Å². The zero-order valence-corrected chi connectivity index (χ0v) is 77.4. The number of carbonyl (C=O) groups is 22. The highest BCUT2D eigenvalue weighted by molar-refractivity contribution is 6.03. The number of nitrogens with zero attached hydrogens (tertiary/aromatic N) is 1. The third kappa shape index (κ3) is 38.3. The van der Waals surface area contributed by atoms with Crippen LogP contribution in [-0.4, -0.2) is 332 Å². The molecule has 3 aromatic rings. The molecule has 137 heavy (non-hydrogen) atoms. The number of aromatic amines is 1. The normalized spacial score (nSPS) is 15.7. The molecule has 17 atom stereocenters. The molecule has 0 saturated carbocycles. The fourth-order valence-corrected chi connectivity index (χ4v) is 13.5. The van der Waals surface area contributed by atoms with Gasteiger partial charge in [0.25, 0.3) is 0 Å². The first kappa shape index (κ1) is 115. The molecule has 2 aromatic carbocycles. The van der Waals surface area contributed by atoms with Crippen molar-refractivity contribution in [3.05, 3.63) is 65.9 Å². The highest BCUT2D eigenvalue weighted by atomic mass is 16.4. The van der Waals surface area contributed by atoms with E-state index in [1.165, 1.54) is 92.8 Å². The number of hydrogen-bond donors (Lipinski definition) is 30. The molecule has 4 rings (SSSR count). The van der Waals surface area contributed by atoms with Gasteiger partial charge in [-0.15, -0.1) is 0 Å². The minimum atomic E-state index is -1.93. The summed E-state index contributed by atoms with van der Waals surface area (Å²) >= 11 is 0. The molecule has 1 aromatic heterocycles. The number of phenols is 1. The number of carbonyl (C=O) groups excluding carboxylic acids is 20.